The Balaban J connectivity index is 2.19. The van der Waals surface area contributed by atoms with Crippen molar-refractivity contribution in [2.75, 3.05) is 27.2 Å². The summed E-state index contributed by atoms with van der Waals surface area (Å²) in [4.78, 5) is 8.54. The minimum atomic E-state index is -3.36. The van der Waals surface area contributed by atoms with E-state index in [-0.39, 0.29) is 5.92 Å². The molecule has 6 nitrogen and oxygen atoms in total. The molecule has 0 bridgehead atoms. The van der Waals surface area contributed by atoms with E-state index in [1.807, 2.05) is 6.92 Å². The average molecular weight is 305 g/mol. The van der Waals surface area contributed by atoms with Gasteiger partial charge < -0.3 is 0 Å². The molecule has 0 spiro atoms. The molecule has 0 aliphatic carbocycles. The molecule has 0 radical (unpaired) electrons. The van der Waals surface area contributed by atoms with Crippen LogP contribution in [-0.2, 0) is 10.2 Å². The molecule has 1 aromatic rings. The van der Waals surface area contributed by atoms with E-state index in [1.165, 1.54) is 22.7 Å². The Morgan fingerprint density at radius 2 is 2.11 bits per heavy atom. The second kappa shape index (κ2) is 5.32. The maximum atomic E-state index is 12.0. The van der Waals surface area contributed by atoms with E-state index in [0.29, 0.717) is 30.5 Å². The number of nitrogens with zero attached hydrogens (tertiary/aromatic N) is 4. The molecule has 1 unspecified atom stereocenters. The Kier molecular flexibility index (Phi) is 4.10. The van der Waals surface area contributed by atoms with Gasteiger partial charge in [0.15, 0.2) is 0 Å². The zero-order chi connectivity index (χ0) is 14.2. The van der Waals surface area contributed by atoms with Crippen LogP contribution in [0.1, 0.15) is 23.9 Å². The van der Waals surface area contributed by atoms with Gasteiger partial charge in [0, 0.05) is 38.8 Å². The van der Waals surface area contributed by atoms with Crippen LogP contribution in [-0.4, -0.2) is 54.2 Å². The van der Waals surface area contributed by atoms with Gasteiger partial charge >= 0.3 is 0 Å². The second-order valence-corrected chi connectivity index (χ2v) is 7.35. The molecule has 1 aliphatic heterocycles. The molecule has 2 rings (SSSR count). The van der Waals surface area contributed by atoms with E-state index in [9.17, 15) is 8.42 Å². The third kappa shape index (κ3) is 3.05. The Morgan fingerprint density at radius 3 is 2.68 bits per heavy atom. The van der Waals surface area contributed by atoms with Crippen LogP contribution >= 0.6 is 11.6 Å². The minimum absolute atomic E-state index is 0.00660. The van der Waals surface area contributed by atoms with E-state index in [4.69, 9.17) is 11.6 Å². The molecule has 0 amide bonds. The number of rotatable bonds is 3. The Morgan fingerprint density at radius 1 is 1.42 bits per heavy atom. The van der Waals surface area contributed by atoms with Crippen LogP contribution in [0.5, 0.6) is 0 Å². The smallest absolute Gasteiger partial charge is 0.238 e. The van der Waals surface area contributed by atoms with Crippen LogP contribution in [0.2, 0.25) is 5.15 Å². The molecule has 1 atom stereocenters. The highest BCUT2D eigenvalue weighted by molar-refractivity contribution is 7.86. The van der Waals surface area contributed by atoms with Crippen molar-refractivity contribution in [3.63, 3.8) is 0 Å². The summed E-state index contributed by atoms with van der Waals surface area (Å²) in [7, 11) is -0.299. The predicted molar refractivity (Wildman–Crippen MR) is 73.3 cm³/mol. The third-order valence-electron chi connectivity index (χ3n) is 3.14. The van der Waals surface area contributed by atoms with Crippen LogP contribution < -0.4 is 0 Å². The standard InChI is InChI=1S/C11H17ClN4O2S/c1-8-6-10(12)14-11(13-8)9-4-5-16(7-9)19(17,18)15(2)3/h6,9H,4-5,7H2,1-3H3. The topological polar surface area (TPSA) is 66.4 Å². The Hall–Kier alpha value is -0.760. The van der Waals surface area contributed by atoms with Gasteiger partial charge in [0.1, 0.15) is 11.0 Å². The molecule has 0 saturated carbocycles. The summed E-state index contributed by atoms with van der Waals surface area (Å²) in [6.07, 6.45) is 0.715. The molecule has 0 N–H and O–H groups in total. The normalized spacial score (nSPS) is 21.2. The van der Waals surface area contributed by atoms with Gasteiger partial charge in [-0.25, -0.2) is 9.97 Å². The van der Waals surface area contributed by atoms with Crippen molar-refractivity contribution >= 4 is 21.8 Å². The van der Waals surface area contributed by atoms with E-state index < -0.39 is 10.2 Å². The highest BCUT2D eigenvalue weighted by atomic mass is 35.5. The maximum absolute atomic E-state index is 12.0. The van der Waals surface area contributed by atoms with Crippen molar-refractivity contribution in [1.29, 1.82) is 0 Å². The fourth-order valence-corrected chi connectivity index (χ4v) is 3.52. The van der Waals surface area contributed by atoms with Crippen LogP contribution in [0.25, 0.3) is 0 Å². The zero-order valence-corrected chi connectivity index (χ0v) is 12.7. The quantitative estimate of drug-likeness (QED) is 0.783. The lowest BCUT2D eigenvalue weighted by molar-refractivity contribution is 0.418. The Labute approximate surface area is 118 Å². The first-order chi connectivity index (χ1) is 8.80. The van der Waals surface area contributed by atoms with Gasteiger partial charge in [0.2, 0.25) is 0 Å². The molecular formula is C11H17ClN4O2S. The van der Waals surface area contributed by atoms with Crippen molar-refractivity contribution in [3.05, 3.63) is 22.7 Å². The first kappa shape index (κ1) is 14.6. The number of hydrogen-bond donors (Lipinski definition) is 0. The number of aryl methyl sites for hydroxylation is 1. The third-order valence-corrected chi connectivity index (χ3v) is 5.24. The fraction of sp³-hybridized carbons (Fsp3) is 0.636. The van der Waals surface area contributed by atoms with Gasteiger partial charge in [-0.2, -0.15) is 17.0 Å². The molecule has 1 saturated heterocycles. The van der Waals surface area contributed by atoms with Crippen LogP contribution in [0.4, 0.5) is 0 Å². The lowest BCUT2D eigenvalue weighted by atomic mass is 10.1. The fourth-order valence-electron chi connectivity index (χ4n) is 2.11. The lowest BCUT2D eigenvalue weighted by Gasteiger charge is -2.20. The van der Waals surface area contributed by atoms with Crippen molar-refractivity contribution in [3.8, 4) is 0 Å². The van der Waals surface area contributed by atoms with Crippen molar-refractivity contribution in [1.82, 2.24) is 18.6 Å². The highest BCUT2D eigenvalue weighted by Gasteiger charge is 2.34. The molecule has 1 fully saturated rings. The van der Waals surface area contributed by atoms with Gasteiger partial charge in [-0.3, -0.25) is 0 Å². The van der Waals surface area contributed by atoms with Crippen LogP contribution in [0.3, 0.4) is 0 Å². The second-order valence-electron chi connectivity index (χ2n) is 4.82. The molecule has 106 valence electrons. The van der Waals surface area contributed by atoms with Gasteiger partial charge in [0.25, 0.3) is 10.2 Å². The monoisotopic (exact) mass is 304 g/mol. The summed E-state index contributed by atoms with van der Waals surface area (Å²) in [6.45, 7) is 2.74. The molecule has 1 aliphatic rings. The summed E-state index contributed by atoms with van der Waals surface area (Å²) in [6, 6.07) is 1.69. The highest BCUT2D eigenvalue weighted by Crippen LogP contribution is 2.28. The van der Waals surface area contributed by atoms with E-state index >= 15 is 0 Å². The first-order valence-electron chi connectivity index (χ1n) is 5.99. The van der Waals surface area contributed by atoms with Crippen LogP contribution in [0.15, 0.2) is 6.07 Å². The zero-order valence-electron chi connectivity index (χ0n) is 11.2. The van der Waals surface area contributed by atoms with Crippen LogP contribution in [0, 0.1) is 6.92 Å². The summed E-state index contributed by atoms with van der Waals surface area (Å²) in [5.41, 5.74) is 0.795. The molecule has 0 aromatic carbocycles. The molecule has 19 heavy (non-hydrogen) atoms. The summed E-state index contributed by atoms with van der Waals surface area (Å²) >= 11 is 5.91. The molecule has 1 aromatic heterocycles. The summed E-state index contributed by atoms with van der Waals surface area (Å²) in [5, 5.41) is 0.399. The van der Waals surface area contributed by atoms with Crippen molar-refractivity contribution < 1.29 is 8.42 Å². The summed E-state index contributed by atoms with van der Waals surface area (Å²) < 4.78 is 26.7. The van der Waals surface area contributed by atoms with E-state index in [2.05, 4.69) is 9.97 Å². The minimum Gasteiger partial charge on any atom is -0.238 e. The number of hydrogen-bond acceptors (Lipinski definition) is 4. The van der Waals surface area contributed by atoms with Gasteiger partial charge in [-0.05, 0) is 19.4 Å². The maximum Gasteiger partial charge on any atom is 0.281 e. The summed E-state index contributed by atoms with van der Waals surface area (Å²) in [5.74, 6) is 0.633. The molecule has 8 heteroatoms. The molecule has 2 heterocycles. The van der Waals surface area contributed by atoms with Gasteiger partial charge in [-0.15, -0.1) is 0 Å². The largest absolute Gasteiger partial charge is 0.281 e. The Bertz CT molecular complexity index is 556. The van der Waals surface area contributed by atoms with Crippen molar-refractivity contribution in [2.45, 2.75) is 19.3 Å². The molecular weight excluding hydrogens is 288 g/mol. The number of aromatic nitrogens is 2. The predicted octanol–water partition coefficient (Wildman–Crippen LogP) is 1.03. The average Bonchev–Trinajstić information content (AvgIpc) is 2.76. The SMILES string of the molecule is Cc1cc(Cl)nc(C2CCN(S(=O)(=O)N(C)C)C2)n1. The van der Waals surface area contributed by atoms with E-state index in [1.54, 1.807) is 6.07 Å². The van der Waals surface area contributed by atoms with Gasteiger partial charge in [0.05, 0.1) is 0 Å². The number of halogens is 1. The van der Waals surface area contributed by atoms with E-state index in [0.717, 1.165) is 5.69 Å². The van der Waals surface area contributed by atoms with Crippen molar-refractivity contribution in [2.24, 2.45) is 0 Å². The first-order valence-corrected chi connectivity index (χ1v) is 7.77. The van der Waals surface area contributed by atoms with Gasteiger partial charge in [-0.1, -0.05) is 11.6 Å². The lowest BCUT2D eigenvalue weighted by Crippen LogP contribution is -2.38.